The molecule has 1 aliphatic heterocycles. The average Bonchev–Trinajstić information content (AvgIpc) is 1.99. The maximum atomic E-state index is 9.19. The lowest BCUT2D eigenvalue weighted by Gasteiger charge is -2.13. The molecule has 0 amide bonds. The van der Waals surface area contributed by atoms with Crippen LogP contribution in [0.4, 0.5) is 0 Å². The van der Waals surface area contributed by atoms with E-state index in [-0.39, 0.29) is 12.1 Å². The molecule has 3 heteroatoms. The van der Waals surface area contributed by atoms with E-state index in [1.54, 1.807) is 0 Å². The SMILES string of the molecule is NC1CNCCCC1O. The van der Waals surface area contributed by atoms with Crippen LogP contribution in [-0.4, -0.2) is 30.3 Å². The van der Waals surface area contributed by atoms with Gasteiger partial charge in [-0.2, -0.15) is 0 Å². The quantitative estimate of drug-likeness (QED) is 0.396. The van der Waals surface area contributed by atoms with E-state index < -0.39 is 0 Å². The van der Waals surface area contributed by atoms with E-state index in [9.17, 15) is 5.11 Å². The van der Waals surface area contributed by atoms with Gasteiger partial charge in [0.1, 0.15) is 0 Å². The lowest BCUT2D eigenvalue weighted by Crippen LogP contribution is -2.40. The highest BCUT2D eigenvalue weighted by molar-refractivity contribution is 4.77. The first-order valence-corrected chi connectivity index (χ1v) is 3.45. The Morgan fingerprint density at radius 3 is 3.11 bits per heavy atom. The molecule has 0 bridgehead atoms. The zero-order valence-electron chi connectivity index (χ0n) is 5.51. The van der Waals surface area contributed by atoms with Gasteiger partial charge in [0.15, 0.2) is 0 Å². The molecule has 54 valence electrons. The Morgan fingerprint density at radius 2 is 2.33 bits per heavy atom. The molecule has 4 N–H and O–H groups in total. The molecule has 1 rings (SSSR count). The smallest absolute Gasteiger partial charge is 0.0704 e. The van der Waals surface area contributed by atoms with Gasteiger partial charge >= 0.3 is 0 Å². The lowest BCUT2D eigenvalue weighted by molar-refractivity contribution is 0.141. The number of hydrogen-bond acceptors (Lipinski definition) is 3. The van der Waals surface area contributed by atoms with Crippen LogP contribution in [0.15, 0.2) is 0 Å². The lowest BCUT2D eigenvalue weighted by atomic mass is 10.1. The summed E-state index contributed by atoms with van der Waals surface area (Å²) in [5.41, 5.74) is 5.57. The predicted molar refractivity (Wildman–Crippen MR) is 36.1 cm³/mol. The van der Waals surface area contributed by atoms with E-state index in [2.05, 4.69) is 5.32 Å². The topological polar surface area (TPSA) is 58.3 Å². The first-order valence-electron chi connectivity index (χ1n) is 3.45. The summed E-state index contributed by atoms with van der Waals surface area (Å²) in [6.45, 7) is 1.74. The first kappa shape index (κ1) is 6.99. The van der Waals surface area contributed by atoms with E-state index >= 15 is 0 Å². The van der Waals surface area contributed by atoms with Crippen molar-refractivity contribution in [3.05, 3.63) is 0 Å². The third-order valence-corrected chi connectivity index (χ3v) is 1.73. The van der Waals surface area contributed by atoms with Crippen molar-refractivity contribution >= 4 is 0 Å². The van der Waals surface area contributed by atoms with E-state index in [1.165, 1.54) is 0 Å². The normalized spacial score (nSPS) is 38.0. The Hall–Kier alpha value is -0.120. The Kier molecular flexibility index (Phi) is 2.45. The molecular weight excluding hydrogens is 116 g/mol. The fraction of sp³-hybridized carbons (Fsp3) is 1.00. The average molecular weight is 130 g/mol. The summed E-state index contributed by atoms with van der Waals surface area (Å²) in [5.74, 6) is 0. The predicted octanol–water partition coefficient (Wildman–Crippen LogP) is -0.942. The van der Waals surface area contributed by atoms with Crippen LogP contribution >= 0.6 is 0 Å². The van der Waals surface area contributed by atoms with Crippen LogP contribution < -0.4 is 11.1 Å². The minimum absolute atomic E-state index is 0.0625. The first-order chi connectivity index (χ1) is 4.30. The number of nitrogens with two attached hydrogens (primary N) is 1. The molecule has 1 aliphatic rings. The number of hydrogen-bond donors (Lipinski definition) is 3. The second kappa shape index (κ2) is 3.15. The highest BCUT2D eigenvalue weighted by atomic mass is 16.3. The molecule has 0 radical (unpaired) electrons. The zero-order chi connectivity index (χ0) is 6.69. The largest absolute Gasteiger partial charge is 0.391 e. The molecule has 0 spiro atoms. The minimum atomic E-state index is -0.292. The Morgan fingerprint density at radius 1 is 1.56 bits per heavy atom. The summed E-state index contributed by atoms with van der Waals surface area (Å²) >= 11 is 0. The van der Waals surface area contributed by atoms with Crippen LogP contribution in [0.1, 0.15) is 12.8 Å². The van der Waals surface area contributed by atoms with Crippen LogP contribution in [0.5, 0.6) is 0 Å². The van der Waals surface area contributed by atoms with Crippen molar-refractivity contribution in [3.8, 4) is 0 Å². The fourth-order valence-corrected chi connectivity index (χ4v) is 1.06. The third-order valence-electron chi connectivity index (χ3n) is 1.73. The maximum Gasteiger partial charge on any atom is 0.0704 e. The van der Waals surface area contributed by atoms with E-state index in [1.807, 2.05) is 0 Å². The van der Waals surface area contributed by atoms with Gasteiger partial charge in [-0.05, 0) is 19.4 Å². The summed E-state index contributed by atoms with van der Waals surface area (Å²) < 4.78 is 0. The van der Waals surface area contributed by atoms with E-state index in [0.29, 0.717) is 0 Å². The Balaban J connectivity index is 2.32. The van der Waals surface area contributed by atoms with Crippen LogP contribution in [0, 0.1) is 0 Å². The van der Waals surface area contributed by atoms with Gasteiger partial charge in [0.25, 0.3) is 0 Å². The molecule has 1 saturated heterocycles. The maximum absolute atomic E-state index is 9.19. The summed E-state index contributed by atoms with van der Waals surface area (Å²) in [5, 5.41) is 12.3. The van der Waals surface area contributed by atoms with Gasteiger partial charge in [0, 0.05) is 12.6 Å². The van der Waals surface area contributed by atoms with Crippen molar-refractivity contribution in [2.45, 2.75) is 25.0 Å². The summed E-state index contributed by atoms with van der Waals surface area (Å²) in [7, 11) is 0. The van der Waals surface area contributed by atoms with Crippen molar-refractivity contribution in [2.24, 2.45) is 5.73 Å². The molecule has 1 heterocycles. The summed E-state index contributed by atoms with van der Waals surface area (Å²) in [4.78, 5) is 0. The Labute approximate surface area is 55.2 Å². The molecule has 0 saturated carbocycles. The van der Waals surface area contributed by atoms with Crippen LogP contribution in [-0.2, 0) is 0 Å². The number of aliphatic hydroxyl groups excluding tert-OH is 1. The molecule has 2 atom stereocenters. The van der Waals surface area contributed by atoms with Gasteiger partial charge in [-0.15, -0.1) is 0 Å². The highest BCUT2D eigenvalue weighted by Gasteiger charge is 2.16. The molecule has 3 nitrogen and oxygen atoms in total. The van der Waals surface area contributed by atoms with E-state index in [4.69, 9.17) is 5.73 Å². The number of nitrogens with one attached hydrogen (secondary N) is 1. The monoisotopic (exact) mass is 130 g/mol. The van der Waals surface area contributed by atoms with Gasteiger partial charge in [0.2, 0.25) is 0 Å². The van der Waals surface area contributed by atoms with Crippen molar-refractivity contribution in [2.75, 3.05) is 13.1 Å². The van der Waals surface area contributed by atoms with Gasteiger partial charge in [-0.25, -0.2) is 0 Å². The third kappa shape index (κ3) is 1.93. The van der Waals surface area contributed by atoms with Gasteiger partial charge in [-0.1, -0.05) is 0 Å². The van der Waals surface area contributed by atoms with Crippen LogP contribution in [0.25, 0.3) is 0 Å². The van der Waals surface area contributed by atoms with Crippen molar-refractivity contribution < 1.29 is 5.11 Å². The second-order valence-electron chi connectivity index (χ2n) is 2.58. The molecule has 9 heavy (non-hydrogen) atoms. The highest BCUT2D eigenvalue weighted by Crippen LogP contribution is 2.02. The van der Waals surface area contributed by atoms with E-state index in [0.717, 1.165) is 25.9 Å². The van der Waals surface area contributed by atoms with Gasteiger partial charge in [-0.3, -0.25) is 0 Å². The van der Waals surface area contributed by atoms with Crippen molar-refractivity contribution in [3.63, 3.8) is 0 Å². The number of aliphatic hydroxyl groups is 1. The molecule has 2 unspecified atom stereocenters. The minimum Gasteiger partial charge on any atom is -0.391 e. The molecule has 0 aromatic carbocycles. The zero-order valence-corrected chi connectivity index (χ0v) is 5.51. The second-order valence-corrected chi connectivity index (χ2v) is 2.58. The van der Waals surface area contributed by atoms with Crippen molar-refractivity contribution in [1.29, 1.82) is 0 Å². The molecular formula is C6H14N2O. The molecule has 0 aromatic rings. The molecule has 0 aromatic heterocycles. The number of rotatable bonds is 0. The van der Waals surface area contributed by atoms with Gasteiger partial charge in [0.05, 0.1) is 6.10 Å². The standard InChI is InChI=1S/C6H14N2O/c7-5-4-8-3-1-2-6(5)9/h5-6,8-9H,1-4,7H2. The fourth-order valence-electron chi connectivity index (χ4n) is 1.06. The summed E-state index contributed by atoms with van der Waals surface area (Å²) in [6, 6.07) is -0.0625. The van der Waals surface area contributed by atoms with Crippen molar-refractivity contribution in [1.82, 2.24) is 5.32 Å². The van der Waals surface area contributed by atoms with Crippen LogP contribution in [0.2, 0.25) is 0 Å². The Bertz CT molecular complexity index is 77.1. The molecule has 1 fully saturated rings. The molecule has 0 aliphatic carbocycles. The summed E-state index contributed by atoms with van der Waals surface area (Å²) in [6.07, 6.45) is 1.59. The van der Waals surface area contributed by atoms with Crippen LogP contribution in [0.3, 0.4) is 0 Å². The van der Waals surface area contributed by atoms with Gasteiger partial charge < -0.3 is 16.2 Å².